The number of nitrogens with zero attached hydrogens (tertiary/aromatic N) is 2. The highest BCUT2D eigenvalue weighted by Crippen LogP contribution is 2.34. The number of amides is 1. The second-order valence-electron chi connectivity index (χ2n) is 6.07. The van der Waals surface area contributed by atoms with Crippen molar-refractivity contribution in [1.82, 2.24) is 15.1 Å². The topological polar surface area (TPSA) is 85.6 Å². The first-order valence-corrected chi connectivity index (χ1v) is 8.94. The zero-order valence-electron chi connectivity index (χ0n) is 15.9. The van der Waals surface area contributed by atoms with E-state index >= 15 is 0 Å². The third-order valence-corrected chi connectivity index (χ3v) is 4.26. The van der Waals surface area contributed by atoms with E-state index in [9.17, 15) is 4.79 Å². The third kappa shape index (κ3) is 4.15. The molecule has 1 heterocycles. The summed E-state index contributed by atoms with van der Waals surface area (Å²) in [5.74, 6) is 0.947. The van der Waals surface area contributed by atoms with E-state index in [0.717, 1.165) is 5.69 Å². The van der Waals surface area contributed by atoms with Crippen molar-refractivity contribution in [3.05, 3.63) is 60.3 Å². The van der Waals surface area contributed by atoms with Crippen molar-refractivity contribution >= 4 is 5.91 Å². The summed E-state index contributed by atoms with van der Waals surface area (Å²) in [6.07, 6.45) is 2.18. The Morgan fingerprint density at radius 2 is 1.93 bits per heavy atom. The minimum absolute atomic E-state index is 0.0166. The molecule has 2 aromatic carbocycles. The largest absolute Gasteiger partial charge is 0.497 e. The van der Waals surface area contributed by atoms with Gasteiger partial charge < -0.3 is 19.9 Å². The van der Waals surface area contributed by atoms with Crippen LogP contribution in [-0.2, 0) is 0 Å². The highest BCUT2D eigenvalue weighted by Gasteiger charge is 2.21. The van der Waals surface area contributed by atoms with Gasteiger partial charge in [0, 0.05) is 31.0 Å². The summed E-state index contributed by atoms with van der Waals surface area (Å²) >= 11 is 0. The van der Waals surface area contributed by atoms with Gasteiger partial charge in [-0.25, -0.2) is 4.68 Å². The predicted octanol–water partition coefficient (Wildman–Crippen LogP) is 2.67. The van der Waals surface area contributed by atoms with E-state index < -0.39 is 0 Å². The van der Waals surface area contributed by atoms with Crippen LogP contribution in [0.5, 0.6) is 11.5 Å². The molecule has 0 atom stereocenters. The summed E-state index contributed by atoms with van der Waals surface area (Å²) in [5.41, 5.74) is 2.45. The number of aromatic nitrogens is 2. The molecule has 28 heavy (non-hydrogen) atoms. The normalized spacial score (nSPS) is 10.5. The van der Waals surface area contributed by atoms with Crippen LogP contribution >= 0.6 is 0 Å². The molecule has 0 aliphatic carbocycles. The number of carbonyl (C=O) groups is 1. The number of para-hydroxylation sites is 1. The minimum atomic E-state index is -0.261. The number of aliphatic hydroxyl groups is 1. The Morgan fingerprint density at radius 3 is 2.61 bits per heavy atom. The first-order valence-electron chi connectivity index (χ1n) is 8.94. The molecule has 146 valence electrons. The first-order chi connectivity index (χ1) is 13.7. The van der Waals surface area contributed by atoms with E-state index in [1.807, 2.05) is 36.4 Å². The van der Waals surface area contributed by atoms with Crippen LogP contribution < -0.4 is 14.8 Å². The maximum absolute atomic E-state index is 12.8. The maximum Gasteiger partial charge on any atom is 0.255 e. The number of nitrogens with one attached hydrogen (secondary N) is 1. The van der Waals surface area contributed by atoms with Crippen LogP contribution in [-0.4, -0.2) is 48.2 Å². The summed E-state index contributed by atoms with van der Waals surface area (Å²) in [4.78, 5) is 12.8. The first kappa shape index (κ1) is 19.4. The Hall–Kier alpha value is -3.32. The van der Waals surface area contributed by atoms with Gasteiger partial charge >= 0.3 is 0 Å². The van der Waals surface area contributed by atoms with Crippen molar-refractivity contribution in [2.75, 3.05) is 27.4 Å². The predicted molar refractivity (Wildman–Crippen MR) is 106 cm³/mol. The molecular formula is C21H23N3O4. The average molecular weight is 381 g/mol. The van der Waals surface area contributed by atoms with Crippen molar-refractivity contribution in [3.63, 3.8) is 0 Å². The number of carbonyl (C=O) groups excluding carboxylic acids is 1. The SMILES string of the molecule is COc1ccc(-c2nn(-c3ccccc3)cc2C(=O)NCCCO)c(OC)c1. The third-order valence-electron chi connectivity index (χ3n) is 4.26. The van der Waals surface area contributed by atoms with Gasteiger partial charge in [-0.05, 0) is 30.7 Å². The molecule has 0 radical (unpaired) electrons. The zero-order valence-corrected chi connectivity index (χ0v) is 15.9. The highest BCUT2D eigenvalue weighted by molar-refractivity contribution is 6.00. The second-order valence-corrected chi connectivity index (χ2v) is 6.07. The lowest BCUT2D eigenvalue weighted by atomic mass is 10.1. The van der Waals surface area contributed by atoms with Gasteiger partial charge in [0.15, 0.2) is 0 Å². The summed E-state index contributed by atoms with van der Waals surface area (Å²) in [7, 11) is 3.14. The molecule has 0 aliphatic rings. The lowest BCUT2D eigenvalue weighted by Gasteiger charge is -2.10. The molecule has 7 heteroatoms. The monoisotopic (exact) mass is 381 g/mol. The van der Waals surface area contributed by atoms with E-state index in [4.69, 9.17) is 14.6 Å². The smallest absolute Gasteiger partial charge is 0.255 e. The van der Waals surface area contributed by atoms with Gasteiger partial charge in [0.1, 0.15) is 17.2 Å². The highest BCUT2D eigenvalue weighted by atomic mass is 16.5. The maximum atomic E-state index is 12.8. The second kappa shape index (κ2) is 9.05. The lowest BCUT2D eigenvalue weighted by molar-refractivity contribution is 0.0952. The summed E-state index contributed by atoms with van der Waals surface area (Å²) in [5, 5.41) is 16.4. The molecule has 3 rings (SSSR count). The number of aliphatic hydroxyl groups excluding tert-OH is 1. The number of benzene rings is 2. The van der Waals surface area contributed by atoms with E-state index in [1.54, 1.807) is 37.2 Å². The summed E-state index contributed by atoms with van der Waals surface area (Å²) in [6.45, 7) is 0.397. The summed E-state index contributed by atoms with van der Waals surface area (Å²) in [6, 6.07) is 14.9. The molecule has 1 amide bonds. The van der Waals surface area contributed by atoms with Crippen LogP contribution in [0.1, 0.15) is 16.8 Å². The molecule has 0 unspecified atom stereocenters. The van der Waals surface area contributed by atoms with Crippen LogP contribution in [0.3, 0.4) is 0 Å². The molecule has 7 nitrogen and oxygen atoms in total. The van der Waals surface area contributed by atoms with Crippen molar-refractivity contribution in [3.8, 4) is 28.4 Å². The molecule has 0 aliphatic heterocycles. The van der Waals surface area contributed by atoms with Crippen LogP contribution in [0.25, 0.3) is 16.9 Å². The quantitative estimate of drug-likeness (QED) is 0.586. The Morgan fingerprint density at radius 1 is 1.14 bits per heavy atom. The molecule has 0 spiro atoms. The molecule has 0 saturated carbocycles. The van der Waals surface area contributed by atoms with Gasteiger partial charge in [-0.1, -0.05) is 18.2 Å². The van der Waals surface area contributed by atoms with Crippen molar-refractivity contribution in [2.45, 2.75) is 6.42 Å². The Kier molecular flexibility index (Phi) is 6.29. The standard InChI is InChI=1S/C21H23N3O4/c1-27-16-9-10-17(19(13-16)28-2)20-18(21(26)22-11-6-12-25)14-24(23-20)15-7-4-3-5-8-15/h3-5,7-10,13-14,25H,6,11-12H2,1-2H3,(H,22,26). The van der Waals surface area contributed by atoms with Crippen molar-refractivity contribution in [2.24, 2.45) is 0 Å². The van der Waals surface area contributed by atoms with E-state index in [-0.39, 0.29) is 12.5 Å². The Balaban J connectivity index is 2.08. The van der Waals surface area contributed by atoms with E-state index in [1.165, 1.54) is 0 Å². The molecular weight excluding hydrogens is 358 g/mol. The van der Waals surface area contributed by atoms with Crippen LogP contribution in [0.15, 0.2) is 54.7 Å². The van der Waals surface area contributed by atoms with Crippen LogP contribution in [0.2, 0.25) is 0 Å². The van der Waals surface area contributed by atoms with Gasteiger partial charge in [-0.3, -0.25) is 4.79 Å². The molecule has 3 aromatic rings. The van der Waals surface area contributed by atoms with Crippen LogP contribution in [0.4, 0.5) is 0 Å². The van der Waals surface area contributed by atoms with E-state index in [2.05, 4.69) is 10.4 Å². The van der Waals surface area contributed by atoms with Crippen molar-refractivity contribution < 1.29 is 19.4 Å². The molecule has 0 saturated heterocycles. The van der Waals surface area contributed by atoms with Crippen molar-refractivity contribution in [1.29, 1.82) is 0 Å². The molecule has 2 N–H and O–H groups in total. The van der Waals surface area contributed by atoms with E-state index in [0.29, 0.717) is 41.3 Å². The number of rotatable bonds is 8. The number of ether oxygens (including phenoxy) is 2. The molecule has 0 bridgehead atoms. The molecule has 0 fully saturated rings. The van der Waals surface area contributed by atoms with Crippen LogP contribution in [0, 0.1) is 0 Å². The van der Waals surface area contributed by atoms with Gasteiger partial charge in [-0.2, -0.15) is 5.10 Å². The average Bonchev–Trinajstić information content (AvgIpc) is 3.19. The minimum Gasteiger partial charge on any atom is -0.497 e. The fraction of sp³-hybridized carbons (Fsp3) is 0.238. The van der Waals surface area contributed by atoms with Gasteiger partial charge in [0.2, 0.25) is 0 Å². The Bertz CT molecular complexity index is 938. The number of hydrogen-bond acceptors (Lipinski definition) is 5. The van der Waals surface area contributed by atoms with Gasteiger partial charge in [0.25, 0.3) is 5.91 Å². The number of hydrogen-bond donors (Lipinski definition) is 2. The zero-order chi connectivity index (χ0) is 19.9. The summed E-state index contributed by atoms with van der Waals surface area (Å²) < 4.78 is 12.4. The number of methoxy groups -OCH3 is 2. The fourth-order valence-electron chi connectivity index (χ4n) is 2.82. The molecule has 1 aromatic heterocycles. The van der Waals surface area contributed by atoms with Gasteiger partial charge in [0.05, 0.1) is 25.5 Å². The van der Waals surface area contributed by atoms with Gasteiger partial charge in [-0.15, -0.1) is 0 Å². The fourth-order valence-corrected chi connectivity index (χ4v) is 2.82. The lowest BCUT2D eigenvalue weighted by Crippen LogP contribution is -2.25. The Labute approximate surface area is 163 Å².